The summed E-state index contributed by atoms with van der Waals surface area (Å²) in [6, 6.07) is 3.28. The van der Waals surface area contributed by atoms with Gasteiger partial charge in [0.25, 0.3) is 0 Å². The molecule has 0 saturated heterocycles. The van der Waals surface area contributed by atoms with Gasteiger partial charge < -0.3 is 16.8 Å². The Labute approximate surface area is 88.9 Å². The summed E-state index contributed by atoms with van der Waals surface area (Å²) < 4.78 is 0. The molecule has 5 heteroatoms. The highest BCUT2D eigenvalue weighted by Crippen LogP contribution is 1.98. The van der Waals surface area contributed by atoms with Crippen LogP contribution in [0.1, 0.15) is 11.3 Å². The standard InChI is InChI=1S/C10H16N4O/c1-7-2-3-8(5-14-7)4-13-6-9(11)10(12)15/h2-3,5,9,13H,4,6,11H2,1H3,(H2,12,15). The maximum absolute atomic E-state index is 10.6. The molecule has 1 aromatic rings. The molecule has 1 atom stereocenters. The lowest BCUT2D eigenvalue weighted by Gasteiger charge is -2.08. The monoisotopic (exact) mass is 208 g/mol. The van der Waals surface area contributed by atoms with Gasteiger partial charge in [0.05, 0.1) is 6.04 Å². The number of nitrogens with two attached hydrogens (primary N) is 2. The number of nitrogens with zero attached hydrogens (tertiary/aromatic N) is 1. The molecule has 0 saturated carbocycles. The molecule has 0 aromatic carbocycles. The smallest absolute Gasteiger partial charge is 0.235 e. The molecule has 0 fully saturated rings. The van der Waals surface area contributed by atoms with Crippen molar-refractivity contribution in [1.29, 1.82) is 0 Å². The van der Waals surface area contributed by atoms with E-state index in [1.807, 2.05) is 19.1 Å². The Morgan fingerprint density at radius 1 is 1.60 bits per heavy atom. The average Bonchev–Trinajstić information content (AvgIpc) is 2.20. The molecule has 5 nitrogen and oxygen atoms in total. The van der Waals surface area contributed by atoms with Crippen LogP contribution in [0.3, 0.4) is 0 Å². The van der Waals surface area contributed by atoms with E-state index in [-0.39, 0.29) is 0 Å². The van der Waals surface area contributed by atoms with Crippen molar-refractivity contribution in [3.8, 4) is 0 Å². The predicted octanol–water partition coefficient (Wildman–Crippen LogP) is -0.708. The first-order valence-electron chi connectivity index (χ1n) is 4.76. The summed E-state index contributed by atoms with van der Waals surface area (Å²) in [7, 11) is 0. The summed E-state index contributed by atoms with van der Waals surface area (Å²) in [6.07, 6.45) is 1.79. The second-order valence-corrected chi connectivity index (χ2v) is 3.45. The molecule has 82 valence electrons. The molecule has 0 aliphatic heterocycles. The van der Waals surface area contributed by atoms with E-state index in [0.29, 0.717) is 13.1 Å². The minimum atomic E-state index is -0.636. The maximum atomic E-state index is 10.6. The van der Waals surface area contributed by atoms with Crippen LogP contribution in [-0.4, -0.2) is 23.5 Å². The van der Waals surface area contributed by atoms with Gasteiger partial charge in [0, 0.05) is 25.0 Å². The number of hydrogen-bond acceptors (Lipinski definition) is 4. The van der Waals surface area contributed by atoms with Crippen molar-refractivity contribution in [3.63, 3.8) is 0 Å². The molecule has 15 heavy (non-hydrogen) atoms. The molecule has 1 aromatic heterocycles. The van der Waals surface area contributed by atoms with E-state index in [2.05, 4.69) is 10.3 Å². The predicted molar refractivity (Wildman–Crippen MR) is 57.9 cm³/mol. The first kappa shape index (κ1) is 11.6. The Bertz CT molecular complexity index is 323. The van der Waals surface area contributed by atoms with Crippen molar-refractivity contribution < 1.29 is 4.79 Å². The zero-order valence-electron chi connectivity index (χ0n) is 8.73. The lowest BCUT2D eigenvalue weighted by molar-refractivity contribution is -0.119. The Hall–Kier alpha value is -1.46. The third kappa shape index (κ3) is 4.05. The molecule has 5 N–H and O–H groups in total. The van der Waals surface area contributed by atoms with E-state index in [0.717, 1.165) is 11.3 Å². The van der Waals surface area contributed by atoms with Crippen LogP contribution in [0.2, 0.25) is 0 Å². The van der Waals surface area contributed by atoms with E-state index in [4.69, 9.17) is 11.5 Å². The second kappa shape index (κ2) is 5.43. The van der Waals surface area contributed by atoms with Crippen molar-refractivity contribution in [2.24, 2.45) is 11.5 Å². The highest BCUT2D eigenvalue weighted by molar-refractivity contribution is 5.79. The molecular weight excluding hydrogens is 192 g/mol. The second-order valence-electron chi connectivity index (χ2n) is 3.45. The van der Waals surface area contributed by atoms with E-state index >= 15 is 0 Å². The van der Waals surface area contributed by atoms with Crippen LogP contribution in [0, 0.1) is 6.92 Å². The third-order valence-electron chi connectivity index (χ3n) is 2.03. The fourth-order valence-corrected chi connectivity index (χ4v) is 1.08. The summed E-state index contributed by atoms with van der Waals surface area (Å²) in [6.45, 7) is 2.94. The van der Waals surface area contributed by atoms with Crippen LogP contribution in [0.5, 0.6) is 0 Å². The van der Waals surface area contributed by atoms with Crippen LogP contribution in [0.15, 0.2) is 18.3 Å². The van der Waals surface area contributed by atoms with Crippen molar-refractivity contribution in [3.05, 3.63) is 29.6 Å². The molecule has 0 spiro atoms. The number of carbonyl (C=O) groups excluding carboxylic acids is 1. The van der Waals surface area contributed by atoms with Gasteiger partial charge >= 0.3 is 0 Å². The molecule has 1 amide bonds. The Balaban J connectivity index is 2.32. The zero-order valence-corrected chi connectivity index (χ0v) is 8.73. The van der Waals surface area contributed by atoms with Gasteiger partial charge in [0.15, 0.2) is 0 Å². The van der Waals surface area contributed by atoms with Gasteiger partial charge in [-0.3, -0.25) is 9.78 Å². The molecule has 0 bridgehead atoms. The van der Waals surface area contributed by atoms with Crippen molar-refractivity contribution >= 4 is 5.91 Å². The highest BCUT2D eigenvalue weighted by atomic mass is 16.1. The Morgan fingerprint density at radius 2 is 2.33 bits per heavy atom. The minimum absolute atomic E-state index is 0.378. The first-order chi connectivity index (χ1) is 7.09. The highest BCUT2D eigenvalue weighted by Gasteiger charge is 2.07. The lowest BCUT2D eigenvalue weighted by Crippen LogP contribution is -2.44. The van der Waals surface area contributed by atoms with Crippen LogP contribution < -0.4 is 16.8 Å². The summed E-state index contributed by atoms with van der Waals surface area (Å²) in [5, 5.41) is 3.04. The van der Waals surface area contributed by atoms with E-state index in [1.54, 1.807) is 6.20 Å². The maximum Gasteiger partial charge on any atom is 0.235 e. The Morgan fingerprint density at radius 3 is 2.87 bits per heavy atom. The van der Waals surface area contributed by atoms with Crippen LogP contribution >= 0.6 is 0 Å². The number of hydrogen-bond donors (Lipinski definition) is 3. The van der Waals surface area contributed by atoms with E-state index in [1.165, 1.54) is 0 Å². The molecule has 0 aliphatic carbocycles. The van der Waals surface area contributed by atoms with Crippen LogP contribution in [-0.2, 0) is 11.3 Å². The van der Waals surface area contributed by atoms with Gasteiger partial charge in [-0.1, -0.05) is 6.07 Å². The molecule has 0 radical (unpaired) electrons. The Kier molecular flexibility index (Phi) is 4.20. The van der Waals surface area contributed by atoms with E-state index < -0.39 is 11.9 Å². The first-order valence-corrected chi connectivity index (χ1v) is 4.76. The number of pyridine rings is 1. The van der Waals surface area contributed by atoms with Crippen LogP contribution in [0.25, 0.3) is 0 Å². The largest absolute Gasteiger partial charge is 0.368 e. The van der Waals surface area contributed by atoms with Crippen molar-refractivity contribution in [2.75, 3.05) is 6.54 Å². The summed E-state index contributed by atoms with van der Waals surface area (Å²) in [5.74, 6) is -0.496. The van der Waals surface area contributed by atoms with Gasteiger partial charge in [-0.05, 0) is 18.6 Å². The summed E-state index contributed by atoms with van der Waals surface area (Å²) in [5.41, 5.74) is 12.5. The van der Waals surface area contributed by atoms with Crippen molar-refractivity contribution in [1.82, 2.24) is 10.3 Å². The normalized spacial score (nSPS) is 12.4. The number of amides is 1. The molecule has 1 rings (SSSR count). The fraction of sp³-hybridized carbons (Fsp3) is 0.400. The number of rotatable bonds is 5. The van der Waals surface area contributed by atoms with Gasteiger partial charge in [0.1, 0.15) is 0 Å². The number of primary amides is 1. The van der Waals surface area contributed by atoms with Gasteiger partial charge in [-0.15, -0.1) is 0 Å². The fourth-order valence-electron chi connectivity index (χ4n) is 1.08. The van der Waals surface area contributed by atoms with E-state index in [9.17, 15) is 4.79 Å². The van der Waals surface area contributed by atoms with Gasteiger partial charge in [-0.2, -0.15) is 0 Å². The SMILES string of the molecule is Cc1ccc(CNCC(N)C(N)=O)cn1. The molecule has 0 aliphatic rings. The zero-order chi connectivity index (χ0) is 11.3. The molecular formula is C10H16N4O. The summed E-state index contributed by atoms with van der Waals surface area (Å²) >= 11 is 0. The topological polar surface area (TPSA) is 94.0 Å². The quantitative estimate of drug-likeness (QED) is 0.596. The van der Waals surface area contributed by atoms with Crippen LogP contribution in [0.4, 0.5) is 0 Å². The van der Waals surface area contributed by atoms with Gasteiger partial charge in [0.2, 0.25) is 5.91 Å². The molecule has 1 unspecified atom stereocenters. The number of aryl methyl sites for hydroxylation is 1. The molecule has 1 heterocycles. The van der Waals surface area contributed by atoms with Gasteiger partial charge in [-0.25, -0.2) is 0 Å². The lowest BCUT2D eigenvalue weighted by atomic mass is 10.2. The average molecular weight is 208 g/mol. The number of carbonyl (C=O) groups is 1. The van der Waals surface area contributed by atoms with Crippen molar-refractivity contribution in [2.45, 2.75) is 19.5 Å². The number of aromatic nitrogens is 1. The number of nitrogens with one attached hydrogen (secondary N) is 1. The summed E-state index contributed by atoms with van der Waals surface area (Å²) in [4.78, 5) is 14.8. The third-order valence-corrected chi connectivity index (χ3v) is 2.03. The minimum Gasteiger partial charge on any atom is -0.368 e.